The van der Waals surface area contributed by atoms with Crippen LogP contribution < -0.4 is 0 Å². The Morgan fingerprint density at radius 2 is 2.18 bits per heavy atom. The Labute approximate surface area is 99.0 Å². The van der Waals surface area contributed by atoms with Gasteiger partial charge >= 0.3 is 5.97 Å². The van der Waals surface area contributed by atoms with E-state index in [2.05, 4.69) is 0 Å². The molecule has 1 aromatic heterocycles. The summed E-state index contributed by atoms with van der Waals surface area (Å²) < 4.78 is 6.72. The molecule has 92 valence electrons. The molecular formula is C12H15NO4. The van der Waals surface area contributed by atoms with Crippen LogP contribution in [-0.2, 0) is 16.1 Å². The van der Waals surface area contributed by atoms with Crippen LogP contribution in [0.5, 0.6) is 0 Å². The highest BCUT2D eigenvalue weighted by atomic mass is 16.6. The standard InChI is InChI=1S/C12H15NO4/c1-7-8(2)17-12(16)11(7)13-9(5-14)3-4-10(13)6-15/h3-5,7-8,11,15H,6H2,1-2H3/t7-,8-,11+/m0/s1. The molecule has 2 rings (SSSR count). The van der Waals surface area contributed by atoms with E-state index in [0.29, 0.717) is 17.7 Å². The molecule has 0 spiro atoms. The van der Waals surface area contributed by atoms with E-state index in [-0.39, 0.29) is 24.6 Å². The highest BCUT2D eigenvalue weighted by Crippen LogP contribution is 2.34. The number of carbonyl (C=O) groups excluding carboxylic acids is 2. The number of ether oxygens (including phenoxy) is 1. The number of hydrogen-bond donors (Lipinski definition) is 1. The third-order valence-electron chi connectivity index (χ3n) is 3.38. The molecular weight excluding hydrogens is 222 g/mol. The van der Waals surface area contributed by atoms with Gasteiger partial charge in [0, 0.05) is 11.6 Å². The second kappa shape index (κ2) is 4.33. The number of aliphatic hydroxyl groups is 1. The van der Waals surface area contributed by atoms with Crippen LogP contribution in [0.1, 0.15) is 36.1 Å². The lowest BCUT2D eigenvalue weighted by Gasteiger charge is -2.18. The number of esters is 1. The van der Waals surface area contributed by atoms with Gasteiger partial charge in [-0.1, -0.05) is 6.92 Å². The third kappa shape index (κ3) is 1.76. The van der Waals surface area contributed by atoms with Gasteiger partial charge in [0.05, 0.1) is 12.3 Å². The highest BCUT2D eigenvalue weighted by molar-refractivity contribution is 5.80. The summed E-state index contributed by atoms with van der Waals surface area (Å²) in [5.74, 6) is -0.377. The van der Waals surface area contributed by atoms with Gasteiger partial charge in [-0.3, -0.25) is 4.79 Å². The van der Waals surface area contributed by atoms with Gasteiger partial charge in [0.25, 0.3) is 0 Å². The summed E-state index contributed by atoms with van der Waals surface area (Å²) in [6, 6.07) is 2.72. The first-order chi connectivity index (χ1) is 8.10. The maximum atomic E-state index is 11.8. The molecule has 3 atom stereocenters. The summed E-state index contributed by atoms with van der Waals surface area (Å²) in [5.41, 5.74) is 0.937. The first kappa shape index (κ1) is 11.9. The zero-order chi connectivity index (χ0) is 12.6. The lowest BCUT2D eigenvalue weighted by atomic mass is 9.99. The number of rotatable bonds is 3. The monoisotopic (exact) mass is 237 g/mol. The first-order valence-corrected chi connectivity index (χ1v) is 5.56. The van der Waals surface area contributed by atoms with Crippen molar-refractivity contribution in [3.8, 4) is 0 Å². The molecule has 1 saturated heterocycles. The Bertz CT molecular complexity index is 451. The zero-order valence-corrected chi connectivity index (χ0v) is 9.79. The van der Waals surface area contributed by atoms with Gasteiger partial charge in [-0.15, -0.1) is 0 Å². The van der Waals surface area contributed by atoms with Crippen LogP contribution in [0.2, 0.25) is 0 Å². The maximum Gasteiger partial charge on any atom is 0.329 e. The van der Waals surface area contributed by atoms with Gasteiger partial charge in [0.2, 0.25) is 0 Å². The number of aromatic nitrogens is 1. The van der Waals surface area contributed by atoms with Crippen molar-refractivity contribution in [2.45, 2.75) is 32.6 Å². The lowest BCUT2D eigenvalue weighted by molar-refractivity contribution is -0.143. The molecule has 5 heteroatoms. The molecule has 1 N–H and O–H groups in total. The van der Waals surface area contributed by atoms with Crippen molar-refractivity contribution in [1.82, 2.24) is 4.57 Å². The minimum atomic E-state index is -0.526. The van der Waals surface area contributed by atoms with Crippen molar-refractivity contribution < 1.29 is 19.4 Å². The minimum Gasteiger partial charge on any atom is -0.461 e. The minimum absolute atomic E-state index is 0.0288. The van der Waals surface area contributed by atoms with Crippen LogP contribution in [-0.4, -0.2) is 28.0 Å². The quantitative estimate of drug-likeness (QED) is 0.627. The predicted molar refractivity (Wildman–Crippen MR) is 59.5 cm³/mol. The number of hydrogen-bond acceptors (Lipinski definition) is 4. The molecule has 0 unspecified atom stereocenters. The number of aliphatic hydroxyl groups excluding tert-OH is 1. The summed E-state index contributed by atoms with van der Waals surface area (Å²) >= 11 is 0. The zero-order valence-electron chi connectivity index (χ0n) is 9.79. The molecule has 5 nitrogen and oxygen atoms in total. The molecule has 0 aliphatic carbocycles. The van der Waals surface area contributed by atoms with Crippen LogP contribution in [0.15, 0.2) is 12.1 Å². The Kier molecular flexibility index (Phi) is 3.02. The normalized spacial score (nSPS) is 28.2. The van der Waals surface area contributed by atoms with Crippen LogP contribution in [0.4, 0.5) is 0 Å². The van der Waals surface area contributed by atoms with E-state index in [1.54, 1.807) is 16.7 Å². The van der Waals surface area contributed by atoms with E-state index in [1.807, 2.05) is 13.8 Å². The Morgan fingerprint density at radius 1 is 1.47 bits per heavy atom. The van der Waals surface area contributed by atoms with Crippen LogP contribution in [0, 0.1) is 5.92 Å². The molecule has 0 bridgehead atoms. The van der Waals surface area contributed by atoms with E-state index >= 15 is 0 Å². The molecule has 1 aliphatic heterocycles. The lowest BCUT2D eigenvalue weighted by Crippen LogP contribution is -2.24. The maximum absolute atomic E-state index is 11.8. The summed E-state index contributed by atoms with van der Waals surface area (Å²) in [6.07, 6.45) is 0.503. The molecule has 0 radical (unpaired) electrons. The molecule has 2 heterocycles. The van der Waals surface area contributed by atoms with Gasteiger partial charge in [0.1, 0.15) is 12.1 Å². The predicted octanol–water partition coefficient (Wildman–Crippen LogP) is 0.915. The van der Waals surface area contributed by atoms with Crippen LogP contribution in [0.25, 0.3) is 0 Å². The molecule has 17 heavy (non-hydrogen) atoms. The van der Waals surface area contributed by atoms with E-state index in [0.717, 1.165) is 0 Å². The number of cyclic esters (lactones) is 1. The van der Waals surface area contributed by atoms with Crippen LogP contribution in [0.3, 0.4) is 0 Å². The Morgan fingerprint density at radius 3 is 2.65 bits per heavy atom. The fourth-order valence-corrected chi connectivity index (χ4v) is 2.24. The average molecular weight is 237 g/mol. The van der Waals surface area contributed by atoms with Crippen molar-refractivity contribution in [3.63, 3.8) is 0 Å². The largest absolute Gasteiger partial charge is 0.461 e. The second-order valence-corrected chi connectivity index (χ2v) is 4.34. The molecule has 0 saturated carbocycles. The highest BCUT2D eigenvalue weighted by Gasteiger charge is 2.41. The number of aldehydes is 1. The SMILES string of the molecule is C[C@H]1[C@H](C)OC(=O)[C@@H]1n1c(C=O)ccc1CO. The van der Waals surface area contributed by atoms with E-state index in [4.69, 9.17) is 4.74 Å². The fourth-order valence-electron chi connectivity index (χ4n) is 2.24. The first-order valence-electron chi connectivity index (χ1n) is 5.56. The van der Waals surface area contributed by atoms with Crippen LogP contribution >= 0.6 is 0 Å². The smallest absolute Gasteiger partial charge is 0.329 e. The summed E-state index contributed by atoms with van der Waals surface area (Å²) in [6.45, 7) is 3.51. The van der Waals surface area contributed by atoms with Gasteiger partial charge in [-0.05, 0) is 19.1 Å². The molecule has 1 aromatic rings. The molecule has 0 amide bonds. The van der Waals surface area contributed by atoms with Gasteiger partial charge in [0.15, 0.2) is 6.29 Å². The van der Waals surface area contributed by atoms with Gasteiger partial charge in [-0.2, -0.15) is 0 Å². The summed E-state index contributed by atoms with van der Waals surface area (Å²) in [4.78, 5) is 22.7. The van der Waals surface area contributed by atoms with Gasteiger partial charge in [-0.25, -0.2) is 4.79 Å². The third-order valence-corrected chi connectivity index (χ3v) is 3.38. The van der Waals surface area contributed by atoms with E-state index < -0.39 is 6.04 Å². The Balaban J connectivity index is 2.48. The Hall–Kier alpha value is -1.62. The summed E-state index contributed by atoms with van der Waals surface area (Å²) in [7, 11) is 0. The van der Waals surface area contributed by atoms with Crippen molar-refractivity contribution in [3.05, 3.63) is 23.5 Å². The van der Waals surface area contributed by atoms with Crippen molar-refractivity contribution in [1.29, 1.82) is 0 Å². The van der Waals surface area contributed by atoms with Gasteiger partial charge < -0.3 is 14.4 Å². The molecule has 0 aromatic carbocycles. The topological polar surface area (TPSA) is 68.5 Å². The van der Waals surface area contributed by atoms with Crippen molar-refractivity contribution >= 4 is 12.3 Å². The molecule has 1 fully saturated rings. The summed E-state index contributed by atoms with van der Waals surface area (Å²) in [5, 5.41) is 9.24. The van der Waals surface area contributed by atoms with E-state index in [1.165, 1.54) is 0 Å². The number of nitrogens with zero attached hydrogens (tertiary/aromatic N) is 1. The van der Waals surface area contributed by atoms with E-state index in [9.17, 15) is 14.7 Å². The molecule has 1 aliphatic rings. The average Bonchev–Trinajstić information content (AvgIpc) is 2.81. The fraction of sp³-hybridized carbons (Fsp3) is 0.500. The van der Waals surface area contributed by atoms with Crippen molar-refractivity contribution in [2.75, 3.05) is 0 Å². The number of carbonyl (C=O) groups is 2. The second-order valence-electron chi connectivity index (χ2n) is 4.34. The van der Waals surface area contributed by atoms with Crippen molar-refractivity contribution in [2.24, 2.45) is 5.92 Å².